The molecule has 178 valence electrons. The Morgan fingerprint density at radius 2 is 1.77 bits per heavy atom. The first kappa shape index (κ1) is 24.0. The third kappa shape index (κ3) is 6.04. The number of hydrogen-bond donors (Lipinski definition) is 3. The number of benzene rings is 3. The number of carbonyl (C=O) groups is 2. The maximum atomic E-state index is 13.0. The van der Waals surface area contributed by atoms with E-state index in [2.05, 4.69) is 15.6 Å². The van der Waals surface area contributed by atoms with Crippen molar-refractivity contribution in [3.63, 3.8) is 0 Å². The molecule has 35 heavy (non-hydrogen) atoms. The number of aryl methyl sites for hydroxylation is 1. The van der Waals surface area contributed by atoms with E-state index in [0.717, 1.165) is 21.7 Å². The molecule has 0 aliphatic carbocycles. The van der Waals surface area contributed by atoms with Gasteiger partial charge in [0.15, 0.2) is 5.13 Å². The summed E-state index contributed by atoms with van der Waals surface area (Å²) in [5.74, 6) is -0.676. The Morgan fingerprint density at radius 3 is 2.49 bits per heavy atom. The molecular weight excluding hydrogens is 462 g/mol. The lowest BCUT2D eigenvalue weighted by Crippen LogP contribution is -2.43. The first-order valence-corrected chi connectivity index (χ1v) is 11.8. The number of aromatic hydroxyl groups is 1. The number of ether oxygens (including phenoxy) is 1. The number of rotatable bonds is 8. The molecule has 0 radical (unpaired) electrons. The zero-order valence-corrected chi connectivity index (χ0v) is 20.1. The number of phenolic OH excluding ortho intramolecular Hbond substituents is 1. The summed E-state index contributed by atoms with van der Waals surface area (Å²) < 4.78 is 4.89. The van der Waals surface area contributed by atoms with Gasteiger partial charge in [-0.2, -0.15) is 0 Å². The molecule has 7 nitrogen and oxygen atoms in total. The van der Waals surface area contributed by atoms with Gasteiger partial charge in [-0.05, 0) is 55.0 Å². The lowest BCUT2D eigenvalue weighted by Gasteiger charge is -2.17. The Hall–Kier alpha value is -4.17. The highest BCUT2D eigenvalue weighted by molar-refractivity contribution is 7.16. The molecule has 1 atom stereocenters. The standard InChI is InChI=1S/C27H25N3O4S/c1-17-24(19-11-13-22(31)14-12-19)30-27(35-17)28-21-10-6-9-20(16-21)25(32)29-23(26(33)34-2)15-18-7-4-3-5-8-18/h3-14,16,23,31H,15H2,1-2H3,(H,28,30)(H,29,32)/t23-/m0/s1. The number of phenols is 1. The van der Waals surface area contributed by atoms with Crippen LogP contribution in [0.15, 0.2) is 78.9 Å². The molecule has 1 aromatic heterocycles. The molecule has 4 rings (SSSR count). The van der Waals surface area contributed by atoms with Crippen LogP contribution in [-0.2, 0) is 16.0 Å². The molecule has 0 aliphatic heterocycles. The van der Waals surface area contributed by atoms with Crippen LogP contribution in [-0.4, -0.2) is 35.1 Å². The maximum absolute atomic E-state index is 13.0. The average Bonchev–Trinajstić information content (AvgIpc) is 3.24. The van der Waals surface area contributed by atoms with E-state index >= 15 is 0 Å². The number of nitrogens with zero attached hydrogens (tertiary/aromatic N) is 1. The van der Waals surface area contributed by atoms with Gasteiger partial charge in [-0.25, -0.2) is 9.78 Å². The van der Waals surface area contributed by atoms with Crippen LogP contribution >= 0.6 is 11.3 Å². The Bertz CT molecular complexity index is 1320. The molecular formula is C27H25N3O4S. The summed E-state index contributed by atoms with van der Waals surface area (Å²) in [4.78, 5) is 30.9. The van der Waals surface area contributed by atoms with Crippen LogP contribution in [0.4, 0.5) is 10.8 Å². The molecule has 0 spiro atoms. The molecule has 0 bridgehead atoms. The second kappa shape index (κ2) is 10.8. The monoisotopic (exact) mass is 487 g/mol. The number of esters is 1. The highest BCUT2D eigenvalue weighted by Gasteiger charge is 2.23. The smallest absolute Gasteiger partial charge is 0.328 e. The van der Waals surface area contributed by atoms with E-state index in [1.54, 1.807) is 30.3 Å². The van der Waals surface area contributed by atoms with Gasteiger partial charge in [0.2, 0.25) is 0 Å². The zero-order valence-electron chi connectivity index (χ0n) is 19.3. The van der Waals surface area contributed by atoms with Crippen molar-refractivity contribution >= 4 is 34.0 Å². The third-order valence-corrected chi connectivity index (χ3v) is 6.27. The van der Waals surface area contributed by atoms with Gasteiger partial charge in [0.25, 0.3) is 5.91 Å². The highest BCUT2D eigenvalue weighted by atomic mass is 32.1. The summed E-state index contributed by atoms with van der Waals surface area (Å²) in [6.45, 7) is 1.98. The topological polar surface area (TPSA) is 101 Å². The fourth-order valence-electron chi connectivity index (χ4n) is 3.63. The van der Waals surface area contributed by atoms with E-state index in [1.807, 2.05) is 55.5 Å². The van der Waals surface area contributed by atoms with Crippen molar-refractivity contribution in [3.8, 4) is 17.0 Å². The minimum Gasteiger partial charge on any atom is -0.508 e. The number of nitrogens with one attached hydrogen (secondary N) is 2. The number of anilines is 2. The van der Waals surface area contributed by atoms with Crippen LogP contribution in [0.2, 0.25) is 0 Å². The predicted molar refractivity (Wildman–Crippen MR) is 137 cm³/mol. The minimum absolute atomic E-state index is 0.202. The van der Waals surface area contributed by atoms with Gasteiger partial charge < -0.3 is 20.5 Å². The number of hydrogen-bond acceptors (Lipinski definition) is 7. The zero-order chi connectivity index (χ0) is 24.8. The lowest BCUT2D eigenvalue weighted by molar-refractivity contribution is -0.142. The van der Waals surface area contributed by atoms with Crippen molar-refractivity contribution in [2.24, 2.45) is 0 Å². The van der Waals surface area contributed by atoms with Crippen LogP contribution in [0.25, 0.3) is 11.3 Å². The van der Waals surface area contributed by atoms with Crippen LogP contribution in [0.5, 0.6) is 5.75 Å². The normalized spacial score (nSPS) is 11.5. The molecule has 0 unspecified atom stereocenters. The van der Waals surface area contributed by atoms with Gasteiger partial charge in [-0.1, -0.05) is 36.4 Å². The first-order chi connectivity index (χ1) is 16.9. The van der Waals surface area contributed by atoms with E-state index in [-0.39, 0.29) is 11.7 Å². The Morgan fingerprint density at radius 1 is 1.03 bits per heavy atom. The Balaban J connectivity index is 1.48. The van der Waals surface area contributed by atoms with Crippen LogP contribution < -0.4 is 10.6 Å². The first-order valence-electron chi connectivity index (χ1n) is 11.0. The summed E-state index contributed by atoms with van der Waals surface area (Å²) in [6.07, 6.45) is 0.329. The highest BCUT2D eigenvalue weighted by Crippen LogP contribution is 2.32. The summed E-state index contributed by atoms with van der Waals surface area (Å²) in [7, 11) is 1.31. The minimum atomic E-state index is -0.805. The molecule has 0 saturated carbocycles. The van der Waals surface area contributed by atoms with Crippen LogP contribution in [0.3, 0.4) is 0 Å². The van der Waals surface area contributed by atoms with Gasteiger partial charge in [-0.3, -0.25) is 4.79 Å². The molecule has 0 fully saturated rings. The SMILES string of the molecule is COC(=O)[C@H](Cc1ccccc1)NC(=O)c1cccc(Nc2nc(-c3ccc(O)cc3)c(C)s2)c1. The van der Waals surface area contributed by atoms with Crippen molar-refractivity contribution in [3.05, 3.63) is 94.9 Å². The number of amides is 1. The van der Waals surface area contributed by atoms with Crippen molar-refractivity contribution < 1.29 is 19.4 Å². The molecule has 0 aliphatic rings. The fraction of sp³-hybridized carbons (Fsp3) is 0.148. The molecule has 1 heterocycles. The number of methoxy groups -OCH3 is 1. The Labute approximate surface area is 207 Å². The van der Waals surface area contributed by atoms with Gasteiger partial charge in [0.1, 0.15) is 11.8 Å². The summed E-state index contributed by atoms with van der Waals surface area (Å²) in [5, 5.41) is 16.3. The van der Waals surface area contributed by atoms with Gasteiger partial charge in [0.05, 0.1) is 12.8 Å². The number of thiazole rings is 1. The molecule has 4 aromatic rings. The third-order valence-electron chi connectivity index (χ3n) is 5.39. The van der Waals surface area contributed by atoms with E-state index in [0.29, 0.717) is 22.8 Å². The largest absolute Gasteiger partial charge is 0.508 e. The van der Waals surface area contributed by atoms with Crippen LogP contribution in [0.1, 0.15) is 20.8 Å². The Kier molecular flexibility index (Phi) is 7.42. The molecule has 0 saturated heterocycles. The van der Waals surface area contributed by atoms with E-state index in [9.17, 15) is 14.7 Å². The van der Waals surface area contributed by atoms with Gasteiger partial charge in [0, 0.05) is 28.1 Å². The van der Waals surface area contributed by atoms with Crippen molar-refractivity contribution in [1.29, 1.82) is 0 Å². The van der Waals surface area contributed by atoms with Crippen molar-refractivity contribution in [2.75, 3.05) is 12.4 Å². The molecule has 1 amide bonds. The van der Waals surface area contributed by atoms with E-state index in [4.69, 9.17) is 4.74 Å². The molecule has 3 N–H and O–H groups in total. The maximum Gasteiger partial charge on any atom is 0.328 e. The fourth-order valence-corrected chi connectivity index (χ4v) is 4.48. The molecule has 3 aromatic carbocycles. The van der Waals surface area contributed by atoms with Gasteiger partial charge >= 0.3 is 5.97 Å². The van der Waals surface area contributed by atoms with Crippen molar-refractivity contribution in [2.45, 2.75) is 19.4 Å². The lowest BCUT2D eigenvalue weighted by atomic mass is 10.1. The second-order valence-corrected chi connectivity index (χ2v) is 9.12. The number of carbonyl (C=O) groups excluding carboxylic acids is 2. The van der Waals surface area contributed by atoms with Crippen LogP contribution in [0, 0.1) is 6.92 Å². The van der Waals surface area contributed by atoms with E-state index < -0.39 is 12.0 Å². The average molecular weight is 488 g/mol. The molecule has 8 heteroatoms. The predicted octanol–water partition coefficient (Wildman–Crippen LogP) is 5.08. The summed E-state index contributed by atoms with van der Waals surface area (Å²) in [6, 6.07) is 22.6. The number of aromatic nitrogens is 1. The summed E-state index contributed by atoms with van der Waals surface area (Å²) in [5.41, 5.74) is 3.76. The summed E-state index contributed by atoms with van der Waals surface area (Å²) >= 11 is 1.49. The quantitative estimate of drug-likeness (QED) is 0.300. The second-order valence-electron chi connectivity index (χ2n) is 7.92. The van der Waals surface area contributed by atoms with Gasteiger partial charge in [-0.15, -0.1) is 11.3 Å². The van der Waals surface area contributed by atoms with E-state index in [1.165, 1.54) is 18.4 Å². The van der Waals surface area contributed by atoms with Crippen molar-refractivity contribution in [1.82, 2.24) is 10.3 Å².